The van der Waals surface area contributed by atoms with Crippen molar-refractivity contribution < 1.29 is 12.8 Å². The zero-order valence-electron chi connectivity index (χ0n) is 11.3. The van der Waals surface area contributed by atoms with Gasteiger partial charge in [0.05, 0.1) is 4.90 Å². The first kappa shape index (κ1) is 15.6. The van der Waals surface area contributed by atoms with E-state index >= 15 is 0 Å². The summed E-state index contributed by atoms with van der Waals surface area (Å²) in [5, 5.41) is 0.481. The van der Waals surface area contributed by atoms with Gasteiger partial charge in [0.25, 0.3) is 0 Å². The van der Waals surface area contributed by atoms with Gasteiger partial charge in [-0.15, -0.1) is 0 Å². The average Bonchev–Trinajstić information content (AvgIpc) is 2.37. The van der Waals surface area contributed by atoms with Crippen molar-refractivity contribution in [3.63, 3.8) is 0 Å². The molecule has 7 heteroatoms. The lowest BCUT2D eigenvalue weighted by atomic mass is 9.96. The average molecular weight is 318 g/mol. The van der Waals surface area contributed by atoms with Crippen LogP contribution in [0, 0.1) is 5.82 Å². The molecule has 3 N–H and O–H groups in total. The molecule has 1 aromatic carbocycles. The lowest BCUT2D eigenvalue weighted by molar-refractivity contribution is 0.420. The number of nitrogens with two attached hydrogens (primary N) is 1. The van der Waals surface area contributed by atoms with Crippen molar-refractivity contribution in [2.24, 2.45) is 0 Å². The van der Waals surface area contributed by atoms with E-state index in [1.165, 1.54) is 6.07 Å². The minimum Gasteiger partial charge on any atom is -0.399 e. The Balaban J connectivity index is 2.14. The van der Waals surface area contributed by atoms with E-state index in [2.05, 4.69) is 4.72 Å². The van der Waals surface area contributed by atoms with Crippen molar-refractivity contribution in [3.05, 3.63) is 24.0 Å². The maximum Gasteiger partial charge on any atom is 0.240 e. The lowest BCUT2D eigenvalue weighted by Gasteiger charge is -2.28. The molecule has 0 spiro atoms. The van der Waals surface area contributed by atoms with Gasteiger partial charge in [-0.1, -0.05) is 6.42 Å². The maximum atomic E-state index is 13.3. The Hall–Kier alpha value is -0.790. The number of halogens is 1. The van der Waals surface area contributed by atoms with Gasteiger partial charge >= 0.3 is 0 Å². The number of hydrogen-bond acceptors (Lipinski definition) is 4. The molecule has 4 nitrogen and oxygen atoms in total. The molecule has 0 bridgehead atoms. The first-order valence-corrected chi connectivity index (χ1v) is 9.29. The summed E-state index contributed by atoms with van der Waals surface area (Å²) in [5.74, 6) is -0.643. The predicted octanol–water partition coefficient (Wildman–Crippen LogP) is 2.36. The molecular formula is C13H19FN2O2S2. The first-order chi connectivity index (χ1) is 9.40. The van der Waals surface area contributed by atoms with E-state index in [0.29, 0.717) is 5.25 Å². The molecule has 0 aromatic heterocycles. The minimum absolute atomic E-state index is 0.0873. The highest BCUT2D eigenvalue weighted by Crippen LogP contribution is 2.28. The van der Waals surface area contributed by atoms with Crippen molar-refractivity contribution in [1.29, 1.82) is 0 Å². The minimum atomic E-state index is -3.72. The van der Waals surface area contributed by atoms with Gasteiger partial charge in [-0.05, 0) is 43.7 Å². The maximum absolute atomic E-state index is 13.3. The van der Waals surface area contributed by atoms with Gasteiger partial charge in [-0.3, -0.25) is 0 Å². The number of nitrogens with one attached hydrogen (secondary N) is 1. The van der Waals surface area contributed by atoms with Crippen molar-refractivity contribution in [1.82, 2.24) is 4.72 Å². The molecule has 20 heavy (non-hydrogen) atoms. The molecule has 0 aliphatic heterocycles. The number of nitrogen functional groups attached to an aromatic ring is 1. The fourth-order valence-corrected chi connectivity index (χ4v) is 4.67. The zero-order valence-corrected chi connectivity index (χ0v) is 12.9. The van der Waals surface area contributed by atoms with Gasteiger partial charge in [0.1, 0.15) is 5.82 Å². The van der Waals surface area contributed by atoms with E-state index in [4.69, 9.17) is 5.73 Å². The van der Waals surface area contributed by atoms with E-state index in [-0.39, 0.29) is 16.6 Å². The highest BCUT2D eigenvalue weighted by atomic mass is 32.2. The summed E-state index contributed by atoms with van der Waals surface area (Å²) >= 11 is 1.76. The standard InChI is InChI=1S/C13H19FN2O2S2/c1-19-12-4-2-3-11(8-12)16-20(17,18)13-6-9(14)5-10(15)7-13/h5-7,11-12,16H,2-4,8,15H2,1H3. The van der Waals surface area contributed by atoms with Gasteiger partial charge in [0.15, 0.2) is 0 Å². The van der Waals surface area contributed by atoms with Crippen LogP contribution in [0.4, 0.5) is 10.1 Å². The molecule has 1 aliphatic carbocycles. The summed E-state index contributed by atoms with van der Waals surface area (Å²) in [4.78, 5) is -0.110. The van der Waals surface area contributed by atoms with Crippen LogP contribution in [-0.4, -0.2) is 26.0 Å². The molecule has 0 radical (unpaired) electrons. The first-order valence-electron chi connectivity index (χ1n) is 6.52. The Morgan fingerprint density at radius 3 is 2.75 bits per heavy atom. The largest absolute Gasteiger partial charge is 0.399 e. The molecule has 0 heterocycles. The van der Waals surface area contributed by atoms with Gasteiger partial charge in [-0.2, -0.15) is 11.8 Å². The summed E-state index contributed by atoms with van der Waals surface area (Å²) in [6.45, 7) is 0. The molecule has 0 saturated heterocycles. The van der Waals surface area contributed by atoms with Gasteiger partial charge in [0.2, 0.25) is 10.0 Å². The van der Waals surface area contributed by atoms with Crippen molar-refractivity contribution in [2.75, 3.05) is 12.0 Å². The van der Waals surface area contributed by atoms with E-state index in [9.17, 15) is 12.8 Å². The third kappa shape index (κ3) is 3.86. The second-order valence-electron chi connectivity index (χ2n) is 5.06. The van der Waals surface area contributed by atoms with Crippen molar-refractivity contribution >= 4 is 27.5 Å². The smallest absolute Gasteiger partial charge is 0.240 e. The molecular weight excluding hydrogens is 299 g/mol. The number of benzene rings is 1. The van der Waals surface area contributed by atoms with Crippen LogP contribution in [-0.2, 0) is 10.0 Å². The van der Waals surface area contributed by atoms with Gasteiger partial charge < -0.3 is 5.73 Å². The predicted molar refractivity (Wildman–Crippen MR) is 80.7 cm³/mol. The summed E-state index contributed by atoms with van der Waals surface area (Å²) in [5.41, 5.74) is 5.60. The molecule has 112 valence electrons. The summed E-state index contributed by atoms with van der Waals surface area (Å²) < 4.78 is 40.5. The summed E-state index contributed by atoms with van der Waals surface area (Å²) in [6, 6.07) is 3.28. The SMILES string of the molecule is CSC1CCCC(NS(=O)(=O)c2cc(N)cc(F)c2)C1. The molecule has 2 rings (SSSR count). The Morgan fingerprint density at radius 2 is 2.10 bits per heavy atom. The van der Waals surface area contributed by atoms with E-state index in [1.54, 1.807) is 11.8 Å². The fourth-order valence-electron chi connectivity index (χ4n) is 2.49. The second-order valence-corrected chi connectivity index (χ2v) is 7.91. The van der Waals surface area contributed by atoms with Crippen LogP contribution in [0.25, 0.3) is 0 Å². The van der Waals surface area contributed by atoms with Gasteiger partial charge in [0, 0.05) is 17.0 Å². The van der Waals surface area contributed by atoms with E-state index in [0.717, 1.165) is 37.8 Å². The second kappa shape index (κ2) is 6.32. The molecule has 2 unspecified atom stereocenters. The Labute approximate surface area is 123 Å². The zero-order chi connectivity index (χ0) is 14.8. The lowest BCUT2D eigenvalue weighted by Crippen LogP contribution is -2.39. The third-order valence-corrected chi connectivity index (χ3v) is 6.08. The molecule has 1 aliphatic rings. The van der Waals surface area contributed by atoms with Crippen LogP contribution < -0.4 is 10.5 Å². The number of hydrogen-bond donors (Lipinski definition) is 2. The highest BCUT2D eigenvalue weighted by Gasteiger charge is 2.26. The Kier molecular flexibility index (Phi) is 4.93. The summed E-state index contributed by atoms with van der Waals surface area (Å²) in [7, 11) is -3.72. The van der Waals surface area contributed by atoms with Crippen molar-refractivity contribution in [2.45, 2.75) is 41.9 Å². The van der Waals surface area contributed by atoms with Crippen LogP contribution in [0.3, 0.4) is 0 Å². The van der Waals surface area contributed by atoms with Crippen LogP contribution >= 0.6 is 11.8 Å². The number of anilines is 1. The van der Waals surface area contributed by atoms with Crippen LogP contribution in [0.1, 0.15) is 25.7 Å². The molecule has 2 atom stereocenters. The topological polar surface area (TPSA) is 72.2 Å². The Morgan fingerprint density at radius 1 is 1.35 bits per heavy atom. The van der Waals surface area contributed by atoms with E-state index in [1.807, 2.05) is 6.26 Å². The van der Waals surface area contributed by atoms with Crippen LogP contribution in [0.15, 0.2) is 23.1 Å². The van der Waals surface area contributed by atoms with Crippen molar-refractivity contribution in [3.8, 4) is 0 Å². The number of sulfonamides is 1. The monoisotopic (exact) mass is 318 g/mol. The fraction of sp³-hybridized carbons (Fsp3) is 0.538. The van der Waals surface area contributed by atoms with Gasteiger partial charge in [-0.25, -0.2) is 17.5 Å². The summed E-state index contributed by atoms with van der Waals surface area (Å²) in [6.07, 6.45) is 5.79. The molecule has 1 saturated carbocycles. The quantitative estimate of drug-likeness (QED) is 0.836. The number of thioether (sulfide) groups is 1. The van der Waals surface area contributed by atoms with E-state index < -0.39 is 15.8 Å². The van der Waals surface area contributed by atoms with Crippen LogP contribution in [0.5, 0.6) is 0 Å². The van der Waals surface area contributed by atoms with Crippen LogP contribution in [0.2, 0.25) is 0 Å². The molecule has 1 fully saturated rings. The molecule has 0 amide bonds. The normalized spacial score (nSPS) is 23.7. The number of rotatable bonds is 4. The molecule has 1 aromatic rings. The highest BCUT2D eigenvalue weighted by molar-refractivity contribution is 7.99. The Bertz CT molecular complexity index is 557. The third-order valence-electron chi connectivity index (χ3n) is 3.49.